The smallest absolute Gasteiger partial charge is 0.150 e. The number of hydrogen-bond acceptors (Lipinski definition) is 3. The molecule has 2 aromatic rings. The van der Waals surface area contributed by atoms with Crippen LogP contribution in [0.3, 0.4) is 0 Å². The number of nitrogens with zero attached hydrogens (tertiary/aromatic N) is 1. The van der Waals surface area contributed by atoms with Crippen LogP contribution in [0.5, 0.6) is 0 Å². The number of pyridine rings is 1. The van der Waals surface area contributed by atoms with Gasteiger partial charge in [-0.05, 0) is 30.2 Å². The standard InChI is InChI=1S/C13H12N2O/c1-9-5-12(13(14)15-7-9)11-4-2-3-10(6-11)8-16/h2-8H,1H3,(H2,14,15). The first-order valence-corrected chi connectivity index (χ1v) is 4.98. The summed E-state index contributed by atoms with van der Waals surface area (Å²) in [5.74, 6) is 0.480. The van der Waals surface area contributed by atoms with Crippen LogP contribution in [-0.2, 0) is 0 Å². The summed E-state index contributed by atoms with van der Waals surface area (Å²) < 4.78 is 0. The van der Waals surface area contributed by atoms with Gasteiger partial charge >= 0.3 is 0 Å². The van der Waals surface area contributed by atoms with Crippen molar-refractivity contribution in [2.75, 3.05) is 5.73 Å². The highest BCUT2D eigenvalue weighted by Gasteiger charge is 2.04. The molecule has 1 aromatic heterocycles. The van der Waals surface area contributed by atoms with Crippen LogP contribution in [0.25, 0.3) is 11.1 Å². The summed E-state index contributed by atoms with van der Waals surface area (Å²) in [4.78, 5) is 14.8. The lowest BCUT2D eigenvalue weighted by Gasteiger charge is -2.06. The zero-order chi connectivity index (χ0) is 11.5. The van der Waals surface area contributed by atoms with Crippen molar-refractivity contribution in [1.82, 2.24) is 4.98 Å². The van der Waals surface area contributed by atoms with Crippen LogP contribution >= 0.6 is 0 Å². The number of aromatic nitrogens is 1. The van der Waals surface area contributed by atoms with E-state index in [-0.39, 0.29) is 0 Å². The maximum Gasteiger partial charge on any atom is 0.150 e. The zero-order valence-corrected chi connectivity index (χ0v) is 8.97. The van der Waals surface area contributed by atoms with Crippen molar-refractivity contribution < 1.29 is 4.79 Å². The minimum Gasteiger partial charge on any atom is -0.383 e. The fourth-order valence-corrected chi connectivity index (χ4v) is 1.59. The van der Waals surface area contributed by atoms with Crippen molar-refractivity contribution in [3.8, 4) is 11.1 Å². The van der Waals surface area contributed by atoms with E-state index in [0.717, 1.165) is 23.0 Å². The lowest BCUT2D eigenvalue weighted by molar-refractivity contribution is 0.112. The molecular weight excluding hydrogens is 200 g/mol. The number of nitrogen functional groups attached to an aromatic ring is 1. The van der Waals surface area contributed by atoms with Gasteiger partial charge in [0.15, 0.2) is 0 Å². The van der Waals surface area contributed by atoms with Crippen molar-refractivity contribution in [3.05, 3.63) is 47.7 Å². The molecule has 0 aliphatic rings. The van der Waals surface area contributed by atoms with Gasteiger partial charge in [-0.25, -0.2) is 4.98 Å². The van der Waals surface area contributed by atoms with Gasteiger partial charge < -0.3 is 5.73 Å². The molecule has 0 spiro atoms. The topological polar surface area (TPSA) is 56.0 Å². The van der Waals surface area contributed by atoms with Crippen LogP contribution in [0.4, 0.5) is 5.82 Å². The molecule has 0 bridgehead atoms. The third kappa shape index (κ3) is 1.93. The fourth-order valence-electron chi connectivity index (χ4n) is 1.59. The molecule has 80 valence electrons. The number of benzene rings is 1. The van der Waals surface area contributed by atoms with E-state index in [2.05, 4.69) is 4.98 Å². The van der Waals surface area contributed by atoms with Gasteiger partial charge in [0.2, 0.25) is 0 Å². The quantitative estimate of drug-likeness (QED) is 0.778. The van der Waals surface area contributed by atoms with Gasteiger partial charge in [0.1, 0.15) is 12.1 Å². The maximum atomic E-state index is 10.7. The number of aldehydes is 1. The summed E-state index contributed by atoms with van der Waals surface area (Å²) in [6, 6.07) is 9.28. The Labute approximate surface area is 93.9 Å². The highest BCUT2D eigenvalue weighted by atomic mass is 16.1. The van der Waals surface area contributed by atoms with E-state index >= 15 is 0 Å². The van der Waals surface area contributed by atoms with E-state index < -0.39 is 0 Å². The first kappa shape index (κ1) is 10.4. The Balaban J connectivity index is 2.57. The maximum absolute atomic E-state index is 10.7. The van der Waals surface area contributed by atoms with Gasteiger partial charge in [-0.15, -0.1) is 0 Å². The summed E-state index contributed by atoms with van der Waals surface area (Å²) in [6.45, 7) is 1.96. The number of anilines is 1. The minimum atomic E-state index is 0.480. The van der Waals surface area contributed by atoms with E-state index in [9.17, 15) is 4.79 Å². The van der Waals surface area contributed by atoms with E-state index in [4.69, 9.17) is 5.73 Å². The number of carbonyl (C=O) groups is 1. The highest BCUT2D eigenvalue weighted by molar-refractivity contribution is 5.81. The summed E-state index contributed by atoms with van der Waals surface area (Å²) in [5.41, 5.74) is 9.27. The van der Waals surface area contributed by atoms with Gasteiger partial charge in [-0.1, -0.05) is 18.2 Å². The number of hydrogen-bond donors (Lipinski definition) is 1. The van der Waals surface area contributed by atoms with Crippen molar-refractivity contribution in [1.29, 1.82) is 0 Å². The van der Waals surface area contributed by atoms with Crippen molar-refractivity contribution in [2.45, 2.75) is 6.92 Å². The summed E-state index contributed by atoms with van der Waals surface area (Å²) >= 11 is 0. The summed E-state index contributed by atoms with van der Waals surface area (Å²) in [5, 5.41) is 0. The summed E-state index contributed by atoms with van der Waals surface area (Å²) in [6.07, 6.45) is 2.55. The minimum absolute atomic E-state index is 0.480. The molecule has 16 heavy (non-hydrogen) atoms. The molecule has 0 amide bonds. The predicted octanol–water partition coefficient (Wildman–Crippen LogP) is 2.45. The Morgan fingerprint density at radius 1 is 1.31 bits per heavy atom. The van der Waals surface area contributed by atoms with E-state index in [0.29, 0.717) is 11.4 Å². The molecule has 3 heteroatoms. The van der Waals surface area contributed by atoms with E-state index in [1.165, 1.54) is 0 Å². The number of aryl methyl sites for hydroxylation is 1. The number of nitrogens with two attached hydrogens (primary N) is 1. The molecule has 1 heterocycles. The van der Waals surface area contributed by atoms with Gasteiger partial charge in [0, 0.05) is 17.3 Å². The molecule has 1 aromatic carbocycles. The second-order valence-electron chi connectivity index (χ2n) is 3.69. The molecule has 0 saturated carbocycles. The molecule has 0 radical (unpaired) electrons. The highest BCUT2D eigenvalue weighted by Crippen LogP contribution is 2.25. The second-order valence-corrected chi connectivity index (χ2v) is 3.69. The molecule has 2 N–H and O–H groups in total. The SMILES string of the molecule is Cc1cnc(N)c(-c2cccc(C=O)c2)c1. The lowest BCUT2D eigenvalue weighted by atomic mass is 10.0. The van der Waals surface area contributed by atoms with E-state index in [1.54, 1.807) is 18.3 Å². The number of rotatable bonds is 2. The zero-order valence-electron chi connectivity index (χ0n) is 8.97. The van der Waals surface area contributed by atoms with Crippen LogP contribution in [-0.4, -0.2) is 11.3 Å². The molecule has 0 saturated heterocycles. The van der Waals surface area contributed by atoms with Gasteiger partial charge in [-0.2, -0.15) is 0 Å². The molecule has 0 atom stereocenters. The average Bonchev–Trinajstić information content (AvgIpc) is 2.32. The van der Waals surface area contributed by atoms with Crippen LogP contribution < -0.4 is 5.73 Å². The number of carbonyl (C=O) groups excluding carboxylic acids is 1. The van der Waals surface area contributed by atoms with Crippen LogP contribution in [0.1, 0.15) is 15.9 Å². The normalized spacial score (nSPS) is 10.1. The van der Waals surface area contributed by atoms with Crippen molar-refractivity contribution in [3.63, 3.8) is 0 Å². The molecule has 0 aliphatic carbocycles. The third-order valence-electron chi connectivity index (χ3n) is 2.39. The average molecular weight is 212 g/mol. The first-order valence-electron chi connectivity index (χ1n) is 4.98. The molecule has 0 fully saturated rings. The molecule has 0 aliphatic heterocycles. The molecule has 2 rings (SSSR count). The Bertz CT molecular complexity index is 535. The predicted molar refractivity (Wildman–Crippen MR) is 64.2 cm³/mol. The third-order valence-corrected chi connectivity index (χ3v) is 2.39. The fraction of sp³-hybridized carbons (Fsp3) is 0.0769. The molecular formula is C13H12N2O. The largest absolute Gasteiger partial charge is 0.383 e. The second kappa shape index (κ2) is 4.14. The van der Waals surface area contributed by atoms with Crippen LogP contribution in [0.15, 0.2) is 36.5 Å². The van der Waals surface area contributed by atoms with Gasteiger partial charge in [0.05, 0.1) is 0 Å². The Morgan fingerprint density at radius 3 is 2.88 bits per heavy atom. The van der Waals surface area contributed by atoms with Crippen LogP contribution in [0.2, 0.25) is 0 Å². The van der Waals surface area contributed by atoms with E-state index in [1.807, 2.05) is 25.1 Å². The monoisotopic (exact) mass is 212 g/mol. The van der Waals surface area contributed by atoms with Crippen molar-refractivity contribution in [2.24, 2.45) is 0 Å². The van der Waals surface area contributed by atoms with Gasteiger partial charge in [-0.3, -0.25) is 4.79 Å². The van der Waals surface area contributed by atoms with Crippen LogP contribution in [0, 0.1) is 6.92 Å². The Hall–Kier alpha value is -2.16. The first-order chi connectivity index (χ1) is 7.70. The summed E-state index contributed by atoms with van der Waals surface area (Å²) in [7, 11) is 0. The Kier molecular flexibility index (Phi) is 2.68. The van der Waals surface area contributed by atoms with Gasteiger partial charge in [0.25, 0.3) is 0 Å². The molecule has 0 unspecified atom stereocenters. The molecule has 3 nitrogen and oxygen atoms in total. The van der Waals surface area contributed by atoms with Crippen molar-refractivity contribution >= 4 is 12.1 Å². The lowest BCUT2D eigenvalue weighted by Crippen LogP contribution is -1.95. The Morgan fingerprint density at radius 2 is 2.12 bits per heavy atom.